The van der Waals surface area contributed by atoms with Crippen molar-refractivity contribution in [3.8, 4) is 0 Å². The number of carbonyl (C=O) groups excluding carboxylic acids is 2. The van der Waals surface area contributed by atoms with Crippen LogP contribution in [0.15, 0.2) is 24.3 Å². The van der Waals surface area contributed by atoms with Crippen LogP contribution in [0.4, 0.5) is 4.79 Å². The monoisotopic (exact) mass is 245 g/mol. The first-order valence-electron chi connectivity index (χ1n) is 5.99. The Kier molecular flexibility index (Phi) is 5.49. The summed E-state index contributed by atoms with van der Waals surface area (Å²) in [7, 11) is 4.79. The third kappa shape index (κ3) is 4.28. The number of hydrogen-bond donors (Lipinski definition) is 1. The van der Waals surface area contributed by atoms with Crippen LogP contribution in [-0.2, 0) is 22.3 Å². The molecule has 6 heteroatoms. The highest BCUT2D eigenvalue weighted by atomic mass is 16.5. The summed E-state index contributed by atoms with van der Waals surface area (Å²) in [6.07, 6.45) is 1.42. The molecule has 4 nitrogen and oxygen atoms in total. The van der Waals surface area contributed by atoms with Crippen LogP contribution in [0.1, 0.15) is 11.1 Å². The zero-order valence-electron chi connectivity index (χ0n) is 11.0. The maximum absolute atomic E-state index is 11.5. The average molecular weight is 245 g/mol. The Labute approximate surface area is 109 Å². The van der Waals surface area contributed by atoms with E-state index in [4.69, 9.17) is 0 Å². The van der Waals surface area contributed by atoms with Crippen LogP contribution in [0, 0.1) is 0 Å². The van der Waals surface area contributed by atoms with Gasteiger partial charge < -0.3 is 10.1 Å². The normalized spacial score (nSPS) is 11.6. The fourth-order valence-electron chi connectivity index (χ4n) is 1.73. The molecule has 0 bridgehead atoms. The smallest absolute Gasteiger partial charge is 0.328 e. The summed E-state index contributed by atoms with van der Waals surface area (Å²) < 4.78 is 4.68. The summed E-state index contributed by atoms with van der Waals surface area (Å²) in [6.45, 7) is 0. The predicted molar refractivity (Wildman–Crippen MR) is 75.3 cm³/mol. The van der Waals surface area contributed by atoms with Gasteiger partial charge in [-0.25, -0.2) is 4.79 Å². The van der Waals surface area contributed by atoms with Gasteiger partial charge in [-0.15, -0.1) is 0 Å². The van der Waals surface area contributed by atoms with Crippen molar-refractivity contribution in [3.63, 3.8) is 0 Å². The van der Waals surface area contributed by atoms with Crippen LogP contribution < -0.4 is 5.32 Å². The fourth-order valence-corrected chi connectivity index (χ4v) is 1.73. The second kappa shape index (κ2) is 6.89. The van der Waals surface area contributed by atoms with E-state index in [-0.39, 0.29) is 5.81 Å². The summed E-state index contributed by atoms with van der Waals surface area (Å²) in [5, 5.41) is 2.59. The zero-order valence-corrected chi connectivity index (χ0v) is 11.0. The minimum absolute atomic E-state index is 0.240. The highest BCUT2D eigenvalue weighted by Gasteiger charge is 2.20. The van der Waals surface area contributed by atoms with E-state index in [9.17, 15) is 9.59 Å². The van der Waals surface area contributed by atoms with Gasteiger partial charge in [0.15, 0.2) is 5.81 Å². The molecule has 0 aromatic heterocycles. The van der Waals surface area contributed by atoms with Gasteiger partial charge in [0, 0.05) is 6.42 Å². The lowest BCUT2D eigenvalue weighted by molar-refractivity contribution is -0.142. The molecular weight excluding hydrogens is 228 g/mol. The molecule has 1 aromatic rings. The Hall–Kier alpha value is -1.71. The lowest BCUT2D eigenvalue weighted by Gasteiger charge is -2.15. The molecular formula is C12H17B2NO3. The number of hydrogen-bond acceptors (Lipinski definition) is 3. The number of benzene rings is 1. The summed E-state index contributed by atoms with van der Waals surface area (Å²) >= 11 is 0. The van der Waals surface area contributed by atoms with Crippen molar-refractivity contribution < 1.29 is 14.3 Å². The first-order chi connectivity index (χ1) is 8.56. The van der Waals surface area contributed by atoms with Gasteiger partial charge in [0.25, 0.3) is 0 Å². The maximum Gasteiger partial charge on any atom is 0.328 e. The largest absolute Gasteiger partial charge is 0.467 e. The topological polar surface area (TPSA) is 55.4 Å². The Morgan fingerprint density at radius 3 is 2.28 bits per heavy atom. The molecule has 94 valence electrons. The highest BCUT2D eigenvalue weighted by molar-refractivity contribution is 6.57. The molecule has 0 heterocycles. The lowest BCUT2D eigenvalue weighted by atomic mass is 9.95. The first kappa shape index (κ1) is 14.4. The highest BCUT2D eigenvalue weighted by Crippen LogP contribution is 2.08. The number of carbonyl (C=O) groups is 2. The van der Waals surface area contributed by atoms with E-state index in [0.717, 1.165) is 11.9 Å². The van der Waals surface area contributed by atoms with Gasteiger partial charge in [-0.3, -0.25) is 4.79 Å². The van der Waals surface area contributed by atoms with Crippen molar-refractivity contribution in [3.05, 3.63) is 35.4 Å². The number of esters is 1. The molecule has 1 rings (SSSR count). The van der Waals surface area contributed by atoms with E-state index >= 15 is 0 Å². The van der Waals surface area contributed by atoms with Gasteiger partial charge in [0.1, 0.15) is 13.9 Å². The Bertz CT molecular complexity index is 420. The number of methoxy groups -OCH3 is 1. The molecule has 1 unspecified atom stereocenters. The summed E-state index contributed by atoms with van der Waals surface area (Å²) in [6, 6.07) is 7.36. The third-order valence-electron chi connectivity index (χ3n) is 2.73. The lowest BCUT2D eigenvalue weighted by Crippen LogP contribution is -2.42. The molecule has 18 heavy (non-hydrogen) atoms. The van der Waals surface area contributed by atoms with Gasteiger partial charge in [0.2, 0.25) is 7.85 Å². The number of amides is 1. The van der Waals surface area contributed by atoms with E-state index in [2.05, 4.69) is 17.9 Å². The minimum Gasteiger partial charge on any atom is -0.467 e. The third-order valence-corrected chi connectivity index (χ3v) is 2.73. The van der Waals surface area contributed by atoms with Crippen molar-refractivity contribution in [2.24, 2.45) is 0 Å². The van der Waals surface area contributed by atoms with E-state index in [1.54, 1.807) is 0 Å². The van der Waals surface area contributed by atoms with Crippen LogP contribution in [0.5, 0.6) is 0 Å². The van der Waals surface area contributed by atoms with Crippen molar-refractivity contribution in [1.82, 2.24) is 5.32 Å². The van der Waals surface area contributed by atoms with Gasteiger partial charge in [0.05, 0.1) is 7.11 Å². The van der Waals surface area contributed by atoms with Crippen molar-refractivity contribution in [2.75, 3.05) is 7.11 Å². The molecule has 1 N–H and O–H groups in total. The quantitative estimate of drug-likeness (QED) is 0.548. The molecule has 0 aliphatic heterocycles. The van der Waals surface area contributed by atoms with Crippen LogP contribution in [0.25, 0.3) is 0 Å². The second-order valence-corrected chi connectivity index (χ2v) is 4.15. The molecule has 0 fully saturated rings. The zero-order chi connectivity index (χ0) is 13.5. The van der Waals surface area contributed by atoms with E-state index in [1.165, 1.54) is 20.5 Å². The van der Waals surface area contributed by atoms with Crippen molar-refractivity contribution in [1.29, 1.82) is 0 Å². The second-order valence-electron chi connectivity index (χ2n) is 4.15. The standard InChI is InChI=1S/C12H17B2NO3/c1-18-11(16)10(15-12(14)17)6-8-2-4-9(7-13)5-3-8/h2-5,10H,6-7,13-14H2,1H3,(H,15,17). The van der Waals surface area contributed by atoms with Gasteiger partial charge >= 0.3 is 5.97 Å². The number of ether oxygens (including phenoxy) is 1. The van der Waals surface area contributed by atoms with Gasteiger partial charge in [-0.2, -0.15) is 0 Å². The molecule has 0 aliphatic rings. The van der Waals surface area contributed by atoms with Crippen LogP contribution in [0.2, 0.25) is 0 Å². The maximum atomic E-state index is 11.5. The van der Waals surface area contributed by atoms with Gasteiger partial charge in [-0.05, 0) is 5.56 Å². The average Bonchev–Trinajstić information content (AvgIpc) is 2.37. The molecule has 0 aliphatic carbocycles. The molecule has 1 aromatic carbocycles. The molecule has 0 spiro atoms. The van der Waals surface area contributed by atoms with Crippen LogP contribution in [0.3, 0.4) is 0 Å². The van der Waals surface area contributed by atoms with Crippen molar-refractivity contribution in [2.45, 2.75) is 18.8 Å². The number of nitrogens with one attached hydrogen (secondary N) is 1. The fraction of sp³-hybridized carbons (Fsp3) is 0.333. The number of rotatable bonds is 5. The van der Waals surface area contributed by atoms with E-state index < -0.39 is 12.0 Å². The SMILES string of the molecule is BCc1ccc(CC(NC(B)=O)C(=O)OC)cc1. The molecule has 0 saturated heterocycles. The molecule has 1 amide bonds. The summed E-state index contributed by atoms with van der Waals surface area (Å²) in [5.74, 6) is -0.666. The minimum atomic E-state index is -0.625. The van der Waals surface area contributed by atoms with Crippen LogP contribution in [-0.4, -0.2) is 40.6 Å². The molecule has 0 radical (unpaired) electrons. The van der Waals surface area contributed by atoms with Crippen molar-refractivity contribution >= 4 is 27.5 Å². The first-order valence-corrected chi connectivity index (χ1v) is 5.99. The Morgan fingerprint density at radius 1 is 1.28 bits per heavy atom. The predicted octanol–water partition coefficient (Wildman–Crippen LogP) is -0.754. The van der Waals surface area contributed by atoms with Crippen LogP contribution >= 0.6 is 0 Å². The van der Waals surface area contributed by atoms with E-state index in [0.29, 0.717) is 6.42 Å². The van der Waals surface area contributed by atoms with Gasteiger partial charge in [-0.1, -0.05) is 36.1 Å². The summed E-state index contributed by atoms with van der Waals surface area (Å²) in [4.78, 5) is 22.6. The molecule has 1 atom stereocenters. The Morgan fingerprint density at radius 2 is 1.83 bits per heavy atom. The Balaban J connectivity index is 2.75. The van der Waals surface area contributed by atoms with E-state index in [1.807, 2.05) is 24.3 Å². The molecule has 0 saturated carbocycles. The summed E-state index contributed by atoms with van der Waals surface area (Å²) in [5.41, 5.74) is 2.24.